The van der Waals surface area contributed by atoms with Gasteiger partial charge in [-0.3, -0.25) is 14.9 Å². The van der Waals surface area contributed by atoms with Crippen molar-refractivity contribution >= 4 is 28.0 Å². The summed E-state index contributed by atoms with van der Waals surface area (Å²) in [6.45, 7) is 0.645. The first-order chi connectivity index (χ1) is 12.1. The first-order valence-electron chi connectivity index (χ1n) is 7.84. The van der Waals surface area contributed by atoms with Crippen LogP contribution in [0.25, 0.3) is 10.9 Å². The van der Waals surface area contributed by atoms with Crippen molar-refractivity contribution in [3.63, 3.8) is 0 Å². The Bertz CT molecular complexity index is 1040. The molecular weight excluding hydrogens is 322 g/mol. The van der Waals surface area contributed by atoms with E-state index in [0.717, 1.165) is 22.3 Å². The molecule has 0 bridgehead atoms. The summed E-state index contributed by atoms with van der Waals surface area (Å²) in [7, 11) is 1.56. The van der Waals surface area contributed by atoms with Gasteiger partial charge in [-0.2, -0.15) is 0 Å². The first-order valence-corrected chi connectivity index (χ1v) is 7.84. The molecule has 0 aliphatic carbocycles. The Labute approximate surface area is 142 Å². The lowest BCUT2D eigenvalue weighted by molar-refractivity contribution is -0.384. The van der Waals surface area contributed by atoms with Crippen LogP contribution in [0.1, 0.15) is 5.56 Å². The van der Waals surface area contributed by atoms with Gasteiger partial charge in [0.25, 0.3) is 11.2 Å². The lowest BCUT2D eigenvalue weighted by atomic mass is 10.1. The van der Waals surface area contributed by atoms with Crippen LogP contribution in [0.5, 0.6) is 5.75 Å². The second kappa shape index (κ2) is 5.62. The lowest BCUT2D eigenvalue weighted by Crippen LogP contribution is -2.15. The summed E-state index contributed by atoms with van der Waals surface area (Å²) in [5.41, 5.74) is 2.95. The number of nitro benzene ring substituents is 1. The predicted molar refractivity (Wildman–Crippen MR) is 94.9 cm³/mol. The van der Waals surface area contributed by atoms with Gasteiger partial charge in [-0.25, -0.2) is 0 Å². The van der Waals surface area contributed by atoms with Crippen molar-refractivity contribution in [1.82, 2.24) is 4.98 Å². The molecule has 1 aliphatic rings. The van der Waals surface area contributed by atoms with E-state index in [1.165, 1.54) is 12.1 Å². The molecule has 25 heavy (non-hydrogen) atoms. The molecule has 0 saturated carbocycles. The molecule has 126 valence electrons. The highest BCUT2D eigenvalue weighted by Crippen LogP contribution is 2.40. The van der Waals surface area contributed by atoms with E-state index < -0.39 is 4.92 Å². The molecule has 7 heteroatoms. The van der Waals surface area contributed by atoms with Gasteiger partial charge in [0.15, 0.2) is 0 Å². The minimum atomic E-state index is -0.424. The average Bonchev–Trinajstić information content (AvgIpc) is 3.07. The zero-order chi connectivity index (χ0) is 17.6. The van der Waals surface area contributed by atoms with Crippen molar-refractivity contribution < 1.29 is 9.66 Å². The van der Waals surface area contributed by atoms with Crippen LogP contribution in [0.3, 0.4) is 0 Å². The summed E-state index contributed by atoms with van der Waals surface area (Å²) in [5.74, 6) is 0.605. The standard InChI is InChI=1S/C18H15N3O4/c1-25-15-4-2-3-13-16(15)19-18(22)14-9-10-20(17(13)14)11-5-7-12(8-6-11)21(23)24/h2-8H,9-10H2,1H3,(H,19,22). The third-order valence-corrected chi connectivity index (χ3v) is 4.53. The Morgan fingerprint density at radius 3 is 2.64 bits per heavy atom. The van der Waals surface area contributed by atoms with Crippen molar-refractivity contribution in [3.05, 3.63) is 68.5 Å². The molecule has 0 amide bonds. The summed E-state index contributed by atoms with van der Waals surface area (Å²) >= 11 is 0. The Morgan fingerprint density at radius 1 is 1.20 bits per heavy atom. The molecule has 4 rings (SSSR count). The van der Waals surface area contributed by atoms with E-state index in [1.807, 2.05) is 17.0 Å². The van der Waals surface area contributed by atoms with Gasteiger partial charge in [-0.05, 0) is 24.6 Å². The van der Waals surface area contributed by atoms with Gasteiger partial charge in [0.2, 0.25) is 0 Å². The van der Waals surface area contributed by atoms with E-state index in [9.17, 15) is 14.9 Å². The van der Waals surface area contributed by atoms with Crippen LogP contribution in [-0.4, -0.2) is 23.6 Å². The van der Waals surface area contributed by atoms with Crippen molar-refractivity contribution in [2.75, 3.05) is 18.6 Å². The van der Waals surface area contributed by atoms with Crippen molar-refractivity contribution in [2.24, 2.45) is 0 Å². The van der Waals surface area contributed by atoms with Gasteiger partial charge in [0, 0.05) is 35.3 Å². The number of hydrogen-bond donors (Lipinski definition) is 1. The molecule has 7 nitrogen and oxygen atoms in total. The third-order valence-electron chi connectivity index (χ3n) is 4.53. The number of nitrogens with zero attached hydrogens (tertiary/aromatic N) is 2. The number of fused-ring (bicyclic) bond motifs is 3. The fourth-order valence-electron chi connectivity index (χ4n) is 3.37. The molecular formula is C18H15N3O4. The highest BCUT2D eigenvalue weighted by Gasteiger charge is 2.27. The van der Waals surface area contributed by atoms with Crippen LogP contribution < -0.4 is 15.2 Å². The van der Waals surface area contributed by atoms with Crippen LogP contribution in [0.2, 0.25) is 0 Å². The van der Waals surface area contributed by atoms with Crippen molar-refractivity contribution in [2.45, 2.75) is 6.42 Å². The van der Waals surface area contributed by atoms with Gasteiger partial charge in [-0.15, -0.1) is 0 Å². The fourth-order valence-corrected chi connectivity index (χ4v) is 3.37. The van der Waals surface area contributed by atoms with Crippen LogP contribution in [-0.2, 0) is 6.42 Å². The number of nitrogens with one attached hydrogen (secondary N) is 1. The minimum Gasteiger partial charge on any atom is -0.495 e. The highest BCUT2D eigenvalue weighted by atomic mass is 16.6. The molecule has 2 heterocycles. The Morgan fingerprint density at radius 2 is 1.96 bits per heavy atom. The number of para-hydroxylation sites is 1. The smallest absolute Gasteiger partial charge is 0.269 e. The van der Waals surface area contributed by atoms with Crippen molar-refractivity contribution in [1.29, 1.82) is 0 Å². The molecule has 0 unspecified atom stereocenters. The number of anilines is 2. The number of aromatic nitrogens is 1. The molecule has 0 radical (unpaired) electrons. The average molecular weight is 337 g/mol. The normalized spacial score (nSPS) is 13.1. The predicted octanol–water partition coefficient (Wildman–Crippen LogP) is 3.14. The Balaban J connectivity index is 1.92. The monoisotopic (exact) mass is 337 g/mol. The molecule has 0 fully saturated rings. The van der Waals surface area contributed by atoms with Crippen molar-refractivity contribution in [3.8, 4) is 5.75 Å². The van der Waals surface area contributed by atoms with Crippen LogP contribution >= 0.6 is 0 Å². The number of ether oxygens (including phenoxy) is 1. The van der Waals surface area contributed by atoms with Crippen LogP contribution in [0.4, 0.5) is 17.1 Å². The minimum absolute atomic E-state index is 0.0422. The van der Waals surface area contributed by atoms with Gasteiger partial charge in [-0.1, -0.05) is 12.1 Å². The van der Waals surface area contributed by atoms with Crippen LogP contribution in [0.15, 0.2) is 47.3 Å². The number of hydrogen-bond acceptors (Lipinski definition) is 5. The zero-order valence-corrected chi connectivity index (χ0v) is 13.5. The van der Waals surface area contributed by atoms with Crippen LogP contribution in [0, 0.1) is 10.1 Å². The second-order valence-electron chi connectivity index (χ2n) is 5.84. The molecule has 2 aromatic carbocycles. The summed E-state index contributed by atoms with van der Waals surface area (Å²) in [4.78, 5) is 27.8. The maximum Gasteiger partial charge on any atom is 0.269 e. The number of rotatable bonds is 3. The number of aromatic amines is 1. The third kappa shape index (κ3) is 2.32. The Hall–Kier alpha value is -3.35. The quantitative estimate of drug-likeness (QED) is 0.586. The van der Waals surface area contributed by atoms with E-state index in [2.05, 4.69) is 4.98 Å². The largest absolute Gasteiger partial charge is 0.495 e. The van der Waals surface area contributed by atoms with E-state index in [1.54, 1.807) is 25.3 Å². The first kappa shape index (κ1) is 15.2. The van der Waals surface area contributed by atoms with E-state index in [4.69, 9.17) is 4.74 Å². The summed E-state index contributed by atoms with van der Waals surface area (Å²) in [6, 6.07) is 12.0. The summed E-state index contributed by atoms with van der Waals surface area (Å²) in [6.07, 6.45) is 0.620. The number of H-pyrrole nitrogens is 1. The summed E-state index contributed by atoms with van der Waals surface area (Å²) < 4.78 is 5.36. The Kier molecular flexibility index (Phi) is 3.42. The van der Waals surface area contributed by atoms with Gasteiger partial charge in [0.1, 0.15) is 5.75 Å². The van der Waals surface area contributed by atoms with E-state index >= 15 is 0 Å². The molecule has 1 N–H and O–H groups in total. The number of pyridine rings is 1. The number of non-ortho nitro benzene ring substituents is 1. The SMILES string of the molecule is COc1cccc2c3c(c(=O)[nH]c12)CCN3c1ccc([N+](=O)[O-])cc1. The number of benzene rings is 2. The highest BCUT2D eigenvalue weighted by molar-refractivity contribution is 5.99. The maximum atomic E-state index is 12.5. The second-order valence-corrected chi connectivity index (χ2v) is 5.84. The topological polar surface area (TPSA) is 88.5 Å². The van der Waals surface area contributed by atoms with E-state index in [0.29, 0.717) is 24.2 Å². The molecule has 1 aliphatic heterocycles. The van der Waals surface area contributed by atoms with Gasteiger partial charge < -0.3 is 14.6 Å². The lowest BCUT2D eigenvalue weighted by Gasteiger charge is -2.21. The molecule has 0 spiro atoms. The maximum absolute atomic E-state index is 12.5. The summed E-state index contributed by atoms with van der Waals surface area (Å²) in [5, 5.41) is 11.7. The fraction of sp³-hybridized carbons (Fsp3) is 0.167. The van der Waals surface area contributed by atoms with Gasteiger partial charge in [0.05, 0.1) is 23.2 Å². The molecule has 1 aromatic heterocycles. The molecule has 0 atom stereocenters. The van der Waals surface area contributed by atoms with Gasteiger partial charge >= 0.3 is 0 Å². The zero-order valence-electron chi connectivity index (χ0n) is 13.5. The van der Waals surface area contributed by atoms with E-state index in [-0.39, 0.29) is 11.2 Å². The molecule has 0 saturated heterocycles. The number of methoxy groups -OCH3 is 1. The molecule has 3 aromatic rings. The number of nitro groups is 1.